The van der Waals surface area contributed by atoms with E-state index in [-0.39, 0.29) is 26.1 Å². The van der Waals surface area contributed by atoms with E-state index in [1.54, 1.807) is 0 Å². The molecule has 2 fully saturated rings. The Morgan fingerprint density at radius 2 is 0.877 bits per heavy atom. The minimum Gasteiger partial charge on any atom is -0.462 e. The molecule has 2 heterocycles. The molecule has 2 saturated heterocycles. The van der Waals surface area contributed by atoms with Crippen LogP contribution >= 0.6 is 0 Å². The van der Waals surface area contributed by atoms with E-state index >= 15 is 0 Å². The van der Waals surface area contributed by atoms with Crippen molar-refractivity contribution in [2.75, 3.05) is 26.4 Å². The summed E-state index contributed by atoms with van der Waals surface area (Å²) in [5.74, 6) is -0.920. The third kappa shape index (κ3) is 26.5. The predicted molar refractivity (Wildman–Crippen MR) is 248 cm³/mol. The van der Waals surface area contributed by atoms with Crippen LogP contribution in [-0.2, 0) is 38.0 Å². The molecule has 0 aromatic rings. The van der Waals surface area contributed by atoms with Crippen LogP contribution in [0.4, 0.5) is 0 Å². The SMILES string of the molecule is CCCCCCCC/C=C\CCCCCCCCCCCC(=O)OC(COC(=O)CCCCCCCCCCCC)COC1OC(COC2OC(CO)C(O)C(O)C2O)C(O)C(O)C1O. The maximum absolute atomic E-state index is 13.0. The zero-order valence-corrected chi connectivity index (χ0v) is 40.2. The number of aliphatic hydroxyl groups is 7. The minimum absolute atomic E-state index is 0.167. The van der Waals surface area contributed by atoms with Crippen LogP contribution in [0.2, 0.25) is 0 Å². The summed E-state index contributed by atoms with van der Waals surface area (Å²) >= 11 is 0. The van der Waals surface area contributed by atoms with E-state index in [1.165, 1.54) is 116 Å². The molecule has 11 atom stereocenters. The Labute approximate surface area is 390 Å². The normalized spacial score (nSPS) is 26.4. The second-order valence-corrected chi connectivity index (χ2v) is 18.4. The van der Waals surface area contributed by atoms with Crippen LogP contribution in [0.1, 0.15) is 200 Å². The Kier molecular flexibility index (Phi) is 34.8. The van der Waals surface area contributed by atoms with Gasteiger partial charge in [-0.15, -0.1) is 0 Å². The number of unbranched alkanes of at least 4 members (excludes halogenated alkanes) is 24. The van der Waals surface area contributed by atoms with Crippen molar-refractivity contribution in [1.29, 1.82) is 0 Å². The lowest BCUT2D eigenvalue weighted by Crippen LogP contribution is -2.61. The first-order valence-corrected chi connectivity index (χ1v) is 25.8. The van der Waals surface area contributed by atoms with E-state index < -0.39 is 92.7 Å². The molecule has 0 spiro atoms. The number of hydrogen-bond acceptors (Lipinski definition) is 15. The number of allylic oxidation sites excluding steroid dienone is 2. The van der Waals surface area contributed by atoms with Crippen LogP contribution in [-0.4, -0.2) is 142 Å². The Hall–Kier alpha value is -1.76. The Morgan fingerprint density at radius 3 is 1.35 bits per heavy atom. The Balaban J connectivity index is 1.78. The monoisotopic (exact) mass is 933 g/mol. The first-order valence-electron chi connectivity index (χ1n) is 25.8. The number of rotatable bonds is 40. The molecule has 2 rings (SSSR count). The summed E-state index contributed by atoms with van der Waals surface area (Å²) in [6.45, 7) is 2.58. The van der Waals surface area contributed by atoms with Gasteiger partial charge in [-0.3, -0.25) is 9.59 Å². The van der Waals surface area contributed by atoms with Crippen LogP contribution < -0.4 is 0 Å². The van der Waals surface area contributed by atoms with E-state index in [0.717, 1.165) is 44.9 Å². The summed E-state index contributed by atoms with van der Waals surface area (Å²) < 4.78 is 33.5. The molecular weight excluding hydrogens is 841 g/mol. The molecule has 2 aliphatic rings. The predicted octanol–water partition coefficient (Wildman–Crippen LogP) is 6.99. The average Bonchev–Trinajstić information content (AvgIpc) is 3.30. The fourth-order valence-electron chi connectivity index (χ4n) is 8.21. The average molecular weight is 933 g/mol. The molecule has 0 aromatic heterocycles. The van der Waals surface area contributed by atoms with Crippen molar-refractivity contribution in [3.8, 4) is 0 Å². The quantitative estimate of drug-likeness (QED) is 0.0187. The van der Waals surface area contributed by atoms with Crippen molar-refractivity contribution >= 4 is 11.9 Å². The van der Waals surface area contributed by atoms with E-state index in [1.807, 2.05) is 0 Å². The molecule has 0 bridgehead atoms. The molecule has 2 aliphatic heterocycles. The van der Waals surface area contributed by atoms with Crippen molar-refractivity contribution < 1.29 is 73.8 Å². The highest BCUT2D eigenvalue weighted by atomic mass is 16.7. The molecule has 65 heavy (non-hydrogen) atoms. The minimum atomic E-state index is -1.76. The third-order valence-electron chi connectivity index (χ3n) is 12.5. The van der Waals surface area contributed by atoms with Crippen LogP contribution in [0.3, 0.4) is 0 Å². The number of carbonyl (C=O) groups excluding carboxylic acids is 2. The van der Waals surface area contributed by atoms with E-state index in [0.29, 0.717) is 12.8 Å². The van der Waals surface area contributed by atoms with Gasteiger partial charge in [-0.1, -0.05) is 161 Å². The lowest BCUT2D eigenvalue weighted by molar-refractivity contribution is -0.332. The molecule has 0 saturated carbocycles. The molecule has 382 valence electrons. The standard InChI is InChI=1S/C50H92O15/c1-3-5-7-9-11-13-15-16-17-18-19-20-21-22-23-25-27-29-31-33-42(53)63-38(35-60-41(52)32-30-28-26-24-14-12-10-8-6-4-2)36-61-49-48(59)46(57)44(55)40(65-49)37-62-50-47(58)45(56)43(54)39(34-51)64-50/h16-17,38-40,43-51,54-59H,3-15,18-37H2,1-2H3/b17-16-. The highest BCUT2D eigenvalue weighted by Crippen LogP contribution is 2.26. The number of hydrogen-bond donors (Lipinski definition) is 7. The molecule has 11 unspecified atom stereocenters. The van der Waals surface area contributed by atoms with Crippen molar-refractivity contribution in [1.82, 2.24) is 0 Å². The second kappa shape index (κ2) is 38.1. The van der Waals surface area contributed by atoms with Crippen LogP contribution in [0.25, 0.3) is 0 Å². The zero-order chi connectivity index (χ0) is 47.5. The molecule has 0 radical (unpaired) electrons. The lowest BCUT2D eigenvalue weighted by Gasteiger charge is -2.42. The van der Waals surface area contributed by atoms with E-state index in [9.17, 15) is 45.3 Å². The second-order valence-electron chi connectivity index (χ2n) is 18.4. The van der Waals surface area contributed by atoms with Gasteiger partial charge < -0.3 is 64.2 Å². The highest BCUT2D eigenvalue weighted by molar-refractivity contribution is 5.70. The van der Waals surface area contributed by atoms with Crippen molar-refractivity contribution in [3.63, 3.8) is 0 Å². The molecule has 0 amide bonds. The molecule has 15 nitrogen and oxygen atoms in total. The zero-order valence-electron chi connectivity index (χ0n) is 40.2. The summed E-state index contributed by atoms with van der Waals surface area (Å²) in [5.41, 5.74) is 0. The van der Waals surface area contributed by atoms with Gasteiger partial charge in [-0.05, 0) is 38.5 Å². The van der Waals surface area contributed by atoms with Crippen molar-refractivity contribution in [3.05, 3.63) is 12.2 Å². The maximum Gasteiger partial charge on any atom is 0.306 e. The Bertz CT molecular complexity index is 1190. The summed E-state index contributed by atoms with van der Waals surface area (Å²) in [7, 11) is 0. The van der Waals surface area contributed by atoms with Gasteiger partial charge in [0.05, 0.1) is 19.8 Å². The van der Waals surface area contributed by atoms with Crippen LogP contribution in [0, 0.1) is 0 Å². The summed E-state index contributed by atoms with van der Waals surface area (Å²) in [4.78, 5) is 25.7. The van der Waals surface area contributed by atoms with Gasteiger partial charge in [-0.25, -0.2) is 0 Å². The number of carbonyl (C=O) groups is 2. The number of ether oxygens (including phenoxy) is 6. The summed E-state index contributed by atoms with van der Waals surface area (Å²) in [6, 6.07) is 0. The molecule has 0 aliphatic carbocycles. The Morgan fingerprint density at radius 1 is 0.477 bits per heavy atom. The summed E-state index contributed by atoms with van der Waals surface area (Å²) in [5, 5.41) is 72.0. The largest absolute Gasteiger partial charge is 0.462 e. The van der Waals surface area contributed by atoms with Crippen LogP contribution in [0.15, 0.2) is 12.2 Å². The fourth-order valence-corrected chi connectivity index (χ4v) is 8.21. The first-order chi connectivity index (χ1) is 31.5. The topological polar surface area (TPSA) is 231 Å². The van der Waals surface area contributed by atoms with Gasteiger partial charge in [0.1, 0.15) is 55.4 Å². The van der Waals surface area contributed by atoms with Gasteiger partial charge in [0, 0.05) is 12.8 Å². The fraction of sp³-hybridized carbons (Fsp3) is 0.920. The smallest absolute Gasteiger partial charge is 0.306 e. The molecule has 0 aromatic carbocycles. The maximum atomic E-state index is 13.0. The molecular formula is C50H92O15. The van der Waals surface area contributed by atoms with Crippen molar-refractivity contribution in [2.45, 2.75) is 268 Å². The van der Waals surface area contributed by atoms with Gasteiger partial charge in [0.2, 0.25) is 0 Å². The van der Waals surface area contributed by atoms with Gasteiger partial charge in [0.25, 0.3) is 0 Å². The van der Waals surface area contributed by atoms with Gasteiger partial charge in [-0.2, -0.15) is 0 Å². The first kappa shape index (κ1) is 59.4. The number of aliphatic hydroxyl groups excluding tert-OH is 7. The van der Waals surface area contributed by atoms with Gasteiger partial charge >= 0.3 is 11.9 Å². The summed E-state index contributed by atoms with van der Waals surface area (Å²) in [6.07, 6.45) is 19.6. The molecule has 7 N–H and O–H groups in total. The molecule has 15 heteroatoms. The van der Waals surface area contributed by atoms with Crippen LogP contribution in [0.5, 0.6) is 0 Å². The van der Waals surface area contributed by atoms with E-state index in [4.69, 9.17) is 28.4 Å². The highest BCUT2D eigenvalue weighted by Gasteiger charge is 2.47. The third-order valence-corrected chi connectivity index (χ3v) is 12.5. The number of esters is 2. The van der Waals surface area contributed by atoms with Gasteiger partial charge in [0.15, 0.2) is 18.7 Å². The van der Waals surface area contributed by atoms with E-state index in [2.05, 4.69) is 26.0 Å². The van der Waals surface area contributed by atoms with Crippen molar-refractivity contribution in [2.24, 2.45) is 0 Å². The lowest BCUT2D eigenvalue weighted by atomic mass is 9.98.